The van der Waals surface area contributed by atoms with Crippen molar-refractivity contribution in [1.82, 2.24) is 15.3 Å². The van der Waals surface area contributed by atoms with Gasteiger partial charge in [0.25, 0.3) is 0 Å². The summed E-state index contributed by atoms with van der Waals surface area (Å²) < 4.78 is 0. The van der Waals surface area contributed by atoms with Gasteiger partial charge in [-0.1, -0.05) is 5.92 Å². The van der Waals surface area contributed by atoms with Gasteiger partial charge in [-0.3, -0.25) is 5.32 Å². The Morgan fingerprint density at radius 1 is 1.64 bits per heavy atom. The van der Waals surface area contributed by atoms with Crippen LogP contribution in [0.1, 0.15) is 18.7 Å². The summed E-state index contributed by atoms with van der Waals surface area (Å²) in [5.41, 5.74) is 6.52. The number of nitrogens with zero attached hydrogens (tertiary/aromatic N) is 2. The van der Waals surface area contributed by atoms with Crippen LogP contribution in [0.2, 0.25) is 0 Å². The summed E-state index contributed by atoms with van der Waals surface area (Å²) >= 11 is 0. The Balaban J connectivity index is 2.57. The standard InChI is InChI=1S/C10H14N4/c1-2-3-5-13-10(7-11)9-4-6-12-8-14-9/h4,6,8,10,13H,5,7,11H2,1H3. The van der Waals surface area contributed by atoms with Crippen molar-refractivity contribution in [1.29, 1.82) is 0 Å². The number of nitrogens with one attached hydrogen (secondary N) is 1. The Morgan fingerprint density at radius 2 is 2.50 bits per heavy atom. The highest BCUT2D eigenvalue weighted by molar-refractivity contribution is 5.07. The van der Waals surface area contributed by atoms with Gasteiger partial charge in [-0.25, -0.2) is 9.97 Å². The van der Waals surface area contributed by atoms with Crippen molar-refractivity contribution in [3.05, 3.63) is 24.3 Å². The maximum absolute atomic E-state index is 5.62. The molecule has 1 atom stereocenters. The third-order valence-corrected chi connectivity index (χ3v) is 1.81. The van der Waals surface area contributed by atoms with Crippen molar-refractivity contribution >= 4 is 0 Å². The van der Waals surface area contributed by atoms with Gasteiger partial charge < -0.3 is 5.73 Å². The fourth-order valence-corrected chi connectivity index (χ4v) is 1.08. The van der Waals surface area contributed by atoms with Crippen molar-refractivity contribution < 1.29 is 0 Å². The first kappa shape index (κ1) is 10.6. The van der Waals surface area contributed by atoms with Crippen molar-refractivity contribution in [2.75, 3.05) is 13.1 Å². The van der Waals surface area contributed by atoms with E-state index in [0.717, 1.165) is 5.69 Å². The molecule has 0 aliphatic rings. The van der Waals surface area contributed by atoms with E-state index in [0.29, 0.717) is 13.1 Å². The minimum Gasteiger partial charge on any atom is -0.329 e. The molecule has 0 aliphatic heterocycles. The Bertz CT molecular complexity index is 312. The lowest BCUT2D eigenvalue weighted by Gasteiger charge is -2.13. The van der Waals surface area contributed by atoms with E-state index in [-0.39, 0.29) is 6.04 Å². The Labute approximate surface area is 83.9 Å². The molecule has 1 unspecified atom stereocenters. The molecule has 1 heterocycles. The molecule has 4 nitrogen and oxygen atoms in total. The van der Waals surface area contributed by atoms with Crippen LogP contribution in [0.25, 0.3) is 0 Å². The first-order chi connectivity index (χ1) is 6.88. The largest absolute Gasteiger partial charge is 0.329 e. The molecule has 0 aliphatic carbocycles. The molecular formula is C10H14N4. The molecule has 14 heavy (non-hydrogen) atoms. The topological polar surface area (TPSA) is 63.8 Å². The lowest BCUT2D eigenvalue weighted by Crippen LogP contribution is -2.29. The van der Waals surface area contributed by atoms with Gasteiger partial charge in [0.2, 0.25) is 0 Å². The second-order valence-electron chi connectivity index (χ2n) is 2.73. The van der Waals surface area contributed by atoms with Crippen LogP contribution in [0.3, 0.4) is 0 Å². The molecule has 1 aromatic rings. The number of aromatic nitrogens is 2. The molecule has 0 spiro atoms. The smallest absolute Gasteiger partial charge is 0.115 e. The van der Waals surface area contributed by atoms with E-state index in [4.69, 9.17) is 5.73 Å². The van der Waals surface area contributed by atoms with E-state index in [1.807, 2.05) is 13.0 Å². The van der Waals surface area contributed by atoms with Crippen molar-refractivity contribution in [2.24, 2.45) is 5.73 Å². The quantitative estimate of drug-likeness (QED) is 0.660. The molecule has 0 amide bonds. The summed E-state index contributed by atoms with van der Waals surface area (Å²) in [6.45, 7) is 2.94. The molecule has 1 aromatic heterocycles. The second-order valence-corrected chi connectivity index (χ2v) is 2.73. The summed E-state index contributed by atoms with van der Waals surface area (Å²) in [7, 11) is 0. The zero-order valence-electron chi connectivity index (χ0n) is 8.20. The van der Waals surface area contributed by atoms with Crippen LogP contribution in [-0.2, 0) is 0 Å². The zero-order valence-corrected chi connectivity index (χ0v) is 8.20. The fourth-order valence-electron chi connectivity index (χ4n) is 1.08. The molecule has 4 heteroatoms. The molecule has 0 bridgehead atoms. The van der Waals surface area contributed by atoms with E-state index < -0.39 is 0 Å². The fraction of sp³-hybridized carbons (Fsp3) is 0.400. The molecule has 0 saturated carbocycles. The average Bonchev–Trinajstić information content (AvgIpc) is 2.26. The van der Waals surface area contributed by atoms with Crippen LogP contribution in [0.5, 0.6) is 0 Å². The van der Waals surface area contributed by atoms with Crippen LogP contribution < -0.4 is 11.1 Å². The summed E-state index contributed by atoms with van der Waals surface area (Å²) in [5.74, 6) is 5.74. The van der Waals surface area contributed by atoms with Crippen LogP contribution in [-0.4, -0.2) is 23.1 Å². The van der Waals surface area contributed by atoms with Crippen molar-refractivity contribution in [3.63, 3.8) is 0 Å². The normalized spacial score (nSPS) is 11.6. The van der Waals surface area contributed by atoms with E-state index >= 15 is 0 Å². The van der Waals surface area contributed by atoms with Gasteiger partial charge in [0.1, 0.15) is 6.33 Å². The molecule has 0 saturated heterocycles. The molecule has 0 fully saturated rings. The number of nitrogens with two attached hydrogens (primary N) is 1. The van der Waals surface area contributed by atoms with E-state index in [1.165, 1.54) is 6.33 Å². The highest BCUT2D eigenvalue weighted by Crippen LogP contribution is 2.05. The van der Waals surface area contributed by atoms with Gasteiger partial charge in [-0.2, -0.15) is 0 Å². The van der Waals surface area contributed by atoms with Crippen LogP contribution >= 0.6 is 0 Å². The molecule has 3 N–H and O–H groups in total. The highest BCUT2D eigenvalue weighted by atomic mass is 15.0. The molecule has 0 radical (unpaired) electrons. The van der Waals surface area contributed by atoms with Gasteiger partial charge in [-0.15, -0.1) is 5.92 Å². The van der Waals surface area contributed by atoms with Crippen LogP contribution in [0.15, 0.2) is 18.6 Å². The predicted molar refractivity (Wildman–Crippen MR) is 55.3 cm³/mol. The number of hydrogen-bond acceptors (Lipinski definition) is 4. The third-order valence-electron chi connectivity index (χ3n) is 1.81. The summed E-state index contributed by atoms with van der Waals surface area (Å²) in [6, 6.07) is 1.91. The lowest BCUT2D eigenvalue weighted by atomic mass is 10.2. The van der Waals surface area contributed by atoms with Gasteiger partial charge >= 0.3 is 0 Å². The molecule has 0 aromatic carbocycles. The number of hydrogen-bond donors (Lipinski definition) is 2. The van der Waals surface area contributed by atoms with Crippen molar-refractivity contribution in [3.8, 4) is 11.8 Å². The molecule has 74 valence electrons. The Kier molecular flexibility index (Phi) is 4.62. The summed E-state index contributed by atoms with van der Waals surface area (Å²) in [4.78, 5) is 7.98. The maximum atomic E-state index is 5.62. The summed E-state index contributed by atoms with van der Waals surface area (Å²) in [5, 5.41) is 3.20. The van der Waals surface area contributed by atoms with Crippen LogP contribution in [0, 0.1) is 11.8 Å². The predicted octanol–water partition coefficient (Wildman–Crippen LogP) is 0.0893. The first-order valence-electron chi connectivity index (χ1n) is 4.47. The van der Waals surface area contributed by atoms with Gasteiger partial charge in [0.15, 0.2) is 0 Å². The van der Waals surface area contributed by atoms with E-state index in [2.05, 4.69) is 27.1 Å². The van der Waals surface area contributed by atoms with E-state index in [1.54, 1.807) is 6.20 Å². The third kappa shape index (κ3) is 3.13. The molecular weight excluding hydrogens is 176 g/mol. The maximum Gasteiger partial charge on any atom is 0.115 e. The summed E-state index contributed by atoms with van der Waals surface area (Å²) in [6.07, 6.45) is 3.23. The highest BCUT2D eigenvalue weighted by Gasteiger charge is 2.08. The van der Waals surface area contributed by atoms with Gasteiger partial charge in [-0.05, 0) is 13.0 Å². The Morgan fingerprint density at radius 3 is 3.07 bits per heavy atom. The van der Waals surface area contributed by atoms with Gasteiger partial charge in [0.05, 0.1) is 18.3 Å². The van der Waals surface area contributed by atoms with Gasteiger partial charge in [0, 0.05) is 12.7 Å². The second kappa shape index (κ2) is 6.08. The average molecular weight is 190 g/mol. The monoisotopic (exact) mass is 190 g/mol. The van der Waals surface area contributed by atoms with Crippen molar-refractivity contribution in [2.45, 2.75) is 13.0 Å². The zero-order chi connectivity index (χ0) is 10.2. The Hall–Kier alpha value is -1.44. The SMILES string of the molecule is CC#CCNC(CN)c1ccncn1. The minimum absolute atomic E-state index is 0.0545. The van der Waals surface area contributed by atoms with E-state index in [9.17, 15) is 0 Å². The first-order valence-corrected chi connectivity index (χ1v) is 4.47. The lowest BCUT2D eigenvalue weighted by molar-refractivity contribution is 0.566. The molecule has 1 rings (SSSR count). The van der Waals surface area contributed by atoms with Crippen LogP contribution in [0.4, 0.5) is 0 Å². The number of rotatable bonds is 4. The minimum atomic E-state index is 0.0545.